The second kappa shape index (κ2) is 21.4. The topological polar surface area (TPSA) is 192 Å². The highest BCUT2D eigenvalue weighted by Gasteiger charge is 2.13. The second-order valence-corrected chi connectivity index (χ2v) is 11.3. The van der Waals surface area contributed by atoms with E-state index in [0.29, 0.717) is 47.9 Å². The van der Waals surface area contributed by atoms with Crippen molar-refractivity contribution in [3.8, 4) is 11.5 Å². The molecule has 0 amide bonds. The average Bonchev–Trinajstić information content (AvgIpc) is 3.02. The Balaban J connectivity index is 0.000000428. The van der Waals surface area contributed by atoms with Crippen LogP contribution >= 0.6 is 0 Å². The van der Waals surface area contributed by atoms with Crippen LogP contribution in [0.5, 0.6) is 11.5 Å². The lowest BCUT2D eigenvalue weighted by molar-refractivity contribution is -0.383. The number of anilines is 5. The van der Waals surface area contributed by atoms with Gasteiger partial charge in [-0.1, -0.05) is 78.4 Å². The van der Waals surface area contributed by atoms with Gasteiger partial charge in [0.25, 0.3) is 5.69 Å². The summed E-state index contributed by atoms with van der Waals surface area (Å²) in [4.78, 5) is 9.64. The van der Waals surface area contributed by atoms with E-state index in [2.05, 4.69) is 27.7 Å². The Morgan fingerprint density at radius 2 is 1.18 bits per heavy atom. The Hall–Kier alpha value is -4.34. The average molecular weight is 625 g/mol. The molecule has 10 nitrogen and oxygen atoms in total. The Morgan fingerprint density at radius 3 is 1.53 bits per heavy atom. The van der Waals surface area contributed by atoms with E-state index in [-0.39, 0.29) is 11.4 Å². The monoisotopic (exact) mass is 624 g/mol. The Labute approximate surface area is 269 Å². The van der Waals surface area contributed by atoms with Crippen molar-refractivity contribution in [2.24, 2.45) is 11.8 Å². The number of rotatable bonds is 15. The standard InChI is InChI=1S/C22H40N2O2.C7H10N2.C6H6N2O2/c1-5-9-11-17(7-3)15-25-21-13-20(24)22(14-19(21)23)26-16-18(8-4)12-10-6-2;1-5-4-6(8)2-3-7(5)9;7-5-3-1-2-4-6(5)8(9)10/h13-14,17-18H,5-12,15-16,23-24H2,1-4H3;2-4H,8-9H2,1H3;1-4H,7H2. The van der Waals surface area contributed by atoms with Gasteiger partial charge in [-0.05, 0) is 61.4 Å². The van der Waals surface area contributed by atoms with E-state index in [1.165, 1.54) is 50.7 Å². The molecule has 0 aliphatic heterocycles. The third-order valence-electron chi connectivity index (χ3n) is 7.61. The summed E-state index contributed by atoms with van der Waals surface area (Å²) >= 11 is 0. The molecule has 0 aliphatic carbocycles. The Kier molecular flexibility index (Phi) is 18.4. The molecule has 3 aromatic carbocycles. The Bertz CT molecular complexity index is 1240. The molecule has 2 atom stereocenters. The third-order valence-corrected chi connectivity index (χ3v) is 7.61. The van der Waals surface area contributed by atoms with Gasteiger partial charge < -0.3 is 38.1 Å². The van der Waals surface area contributed by atoms with Crippen molar-refractivity contribution >= 4 is 34.1 Å². The molecule has 45 heavy (non-hydrogen) atoms. The van der Waals surface area contributed by atoms with Crippen LogP contribution in [0.1, 0.15) is 84.6 Å². The number of benzene rings is 3. The largest absolute Gasteiger partial charge is 0.491 e. The first-order valence-electron chi connectivity index (χ1n) is 16.0. The molecule has 0 aliphatic rings. The fraction of sp³-hybridized carbons (Fsp3) is 0.486. The van der Waals surface area contributed by atoms with Gasteiger partial charge in [0, 0.05) is 29.6 Å². The summed E-state index contributed by atoms with van der Waals surface area (Å²) in [6, 6.07) is 15.2. The summed E-state index contributed by atoms with van der Waals surface area (Å²) in [6.07, 6.45) is 9.54. The van der Waals surface area contributed by atoms with E-state index in [4.69, 9.17) is 38.1 Å². The Morgan fingerprint density at radius 1 is 0.689 bits per heavy atom. The summed E-state index contributed by atoms with van der Waals surface area (Å²) in [6.45, 7) is 12.2. The SMILES string of the molecule is CCCCC(CC)COc1cc(N)c(OCC(CC)CCCC)cc1N.Cc1cc(N)ccc1N.Nc1ccccc1[N+](=O)[O-]. The van der Waals surface area contributed by atoms with Gasteiger partial charge in [-0.15, -0.1) is 0 Å². The van der Waals surface area contributed by atoms with Crippen LogP contribution in [-0.4, -0.2) is 18.1 Å². The van der Waals surface area contributed by atoms with E-state index < -0.39 is 4.92 Å². The van der Waals surface area contributed by atoms with Crippen LogP contribution in [0.3, 0.4) is 0 Å². The molecule has 0 bridgehead atoms. The van der Waals surface area contributed by atoms with Crippen LogP contribution in [0.4, 0.5) is 34.1 Å². The fourth-order valence-electron chi connectivity index (χ4n) is 4.41. The van der Waals surface area contributed by atoms with Gasteiger partial charge in [0.1, 0.15) is 17.2 Å². The quantitative estimate of drug-likeness (QED) is 0.0627. The highest BCUT2D eigenvalue weighted by molar-refractivity contribution is 5.67. The summed E-state index contributed by atoms with van der Waals surface area (Å²) in [7, 11) is 0. The molecule has 0 heterocycles. The molecule has 0 spiro atoms. The zero-order valence-corrected chi connectivity index (χ0v) is 27.9. The summed E-state index contributed by atoms with van der Waals surface area (Å²) in [5.74, 6) is 2.47. The van der Waals surface area contributed by atoms with Crippen molar-refractivity contribution in [1.29, 1.82) is 0 Å². The molecule has 0 radical (unpaired) electrons. The van der Waals surface area contributed by atoms with Crippen molar-refractivity contribution in [2.75, 3.05) is 41.9 Å². The molecule has 250 valence electrons. The first kappa shape index (κ1) is 38.7. The molecule has 3 aromatic rings. The van der Waals surface area contributed by atoms with Gasteiger partial charge in [0.05, 0.1) is 29.5 Å². The van der Waals surface area contributed by atoms with Crippen molar-refractivity contribution in [2.45, 2.75) is 86.0 Å². The number of para-hydroxylation sites is 2. The predicted molar refractivity (Wildman–Crippen MR) is 190 cm³/mol. The number of aryl methyl sites for hydroxylation is 1. The van der Waals surface area contributed by atoms with Crippen LogP contribution in [0.15, 0.2) is 54.6 Å². The van der Waals surface area contributed by atoms with Gasteiger partial charge in [0.15, 0.2) is 0 Å². The summed E-state index contributed by atoms with van der Waals surface area (Å²) < 4.78 is 11.9. The lowest BCUT2D eigenvalue weighted by Crippen LogP contribution is -2.14. The first-order chi connectivity index (χ1) is 21.5. The van der Waals surface area contributed by atoms with Crippen molar-refractivity contribution in [1.82, 2.24) is 0 Å². The highest BCUT2D eigenvalue weighted by Crippen LogP contribution is 2.34. The van der Waals surface area contributed by atoms with Crippen LogP contribution < -0.4 is 38.1 Å². The van der Waals surface area contributed by atoms with Gasteiger partial charge in [-0.2, -0.15) is 0 Å². The molecule has 2 unspecified atom stereocenters. The number of hydrogen-bond acceptors (Lipinski definition) is 9. The van der Waals surface area contributed by atoms with Crippen molar-refractivity contribution in [3.05, 3.63) is 70.3 Å². The van der Waals surface area contributed by atoms with Crippen LogP contribution in [-0.2, 0) is 0 Å². The number of nitrogen functional groups attached to an aromatic ring is 5. The normalized spacial score (nSPS) is 11.7. The maximum absolute atomic E-state index is 10.1. The van der Waals surface area contributed by atoms with Crippen LogP contribution in [0.25, 0.3) is 0 Å². The number of hydrogen-bond donors (Lipinski definition) is 5. The molecule has 0 saturated carbocycles. The zero-order chi connectivity index (χ0) is 33.8. The van der Waals surface area contributed by atoms with Gasteiger partial charge >= 0.3 is 0 Å². The van der Waals surface area contributed by atoms with Crippen LogP contribution in [0.2, 0.25) is 0 Å². The molecule has 10 heteroatoms. The van der Waals surface area contributed by atoms with E-state index in [9.17, 15) is 10.1 Å². The fourth-order valence-corrected chi connectivity index (χ4v) is 4.41. The third kappa shape index (κ3) is 14.8. The minimum atomic E-state index is -0.505. The number of nitro benzene ring substituents is 1. The zero-order valence-electron chi connectivity index (χ0n) is 27.9. The van der Waals surface area contributed by atoms with E-state index >= 15 is 0 Å². The number of nitrogens with two attached hydrogens (primary N) is 5. The predicted octanol–water partition coefficient (Wildman–Crippen LogP) is 8.38. The maximum Gasteiger partial charge on any atom is 0.292 e. The molecule has 0 saturated heterocycles. The minimum Gasteiger partial charge on any atom is -0.491 e. The lowest BCUT2D eigenvalue weighted by atomic mass is 10.0. The number of nitro groups is 1. The highest BCUT2D eigenvalue weighted by atomic mass is 16.6. The van der Waals surface area contributed by atoms with Gasteiger partial charge in [-0.3, -0.25) is 10.1 Å². The molecule has 0 fully saturated rings. The molecular weight excluding hydrogens is 568 g/mol. The summed E-state index contributed by atoms with van der Waals surface area (Å²) in [5, 5.41) is 10.1. The van der Waals surface area contributed by atoms with E-state index in [1.807, 2.05) is 31.2 Å². The van der Waals surface area contributed by atoms with Gasteiger partial charge in [0.2, 0.25) is 0 Å². The molecule has 3 rings (SSSR count). The molecular formula is C35H56N6O4. The first-order valence-corrected chi connectivity index (χ1v) is 16.0. The minimum absolute atomic E-state index is 0.0394. The molecule has 0 aromatic heterocycles. The summed E-state index contributed by atoms with van der Waals surface area (Å²) in [5.41, 5.74) is 32.6. The maximum atomic E-state index is 10.1. The van der Waals surface area contributed by atoms with Crippen molar-refractivity contribution < 1.29 is 14.4 Å². The van der Waals surface area contributed by atoms with Crippen LogP contribution in [0, 0.1) is 28.9 Å². The molecule has 10 N–H and O–H groups in total. The van der Waals surface area contributed by atoms with Crippen molar-refractivity contribution in [3.63, 3.8) is 0 Å². The smallest absolute Gasteiger partial charge is 0.292 e. The van der Waals surface area contributed by atoms with E-state index in [1.54, 1.807) is 18.2 Å². The number of unbranched alkanes of at least 4 members (excludes halogenated alkanes) is 2. The number of nitrogens with zero attached hydrogens (tertiary/aromatic N) is 1. The second-order valence-electron chi connectivity index (χ2n) is 11.3. The number of ether oxygens (including phenoxy) is 2. The van der Waals surface area contributed by atoms with Gasteiger partial charge in [-0.25, -0.2) is 0 Å². The lowest BCUT2D eigenvalue weighted by Gasteiger charge is -2.19. The van der Waals surface area contributed by atoms with E-state index in [0.717, 1.165) is 29.8 Å².